The number of carbonyl (C=O) groups is 1. The highest BCUT2D eigenvalue weighted by Gasteiger charge is 1.91. The van der Waals surface area contributed by atoms with Crippen LogP contribution in [-0.4, -0.2) is 5.78 Å². The number of rotatable bonds is 3. The molecule has 2 nitrogen and oxygen atoms in total. The molecule has 0 aromatic rings. The monoisotopic (exact) mass is 119 g/mol. The van der Waals surface area contributed by atoms with E-state index in [1.54, 1.807) is 0 Å². The Hall–Kier alpha value is -0.370. The molecule has 0 spiro atoms. The molecule has 52 valence electrons. The fraction of sp³-hybridized carbons (Fsp3) is 0.833. The van der Waals surface area contributed by atoms with Crippen molar-refractivity contribution in [3.63, 3.8) is 0 Å². The van der Waals surface area contributed by atoms with Crippen LogP contribution in [0.3, 0.4) is 0 Å². The van der Waals surface area contributed by atoms with Gasteiger partial charge in [-0.15, -0.1) is 0 Å². The predicted octanol–water partition coefficient (Wildman–Crippen LogP) is 2.17. The van der Waals surface area contributed by atoms with Crippen molar-refractivity contribution in [2.75, 3.05) is 0 Å². The lowest BCUT2D eigenvalue weighted by Crippen LogP contribution is -1.91. The van der Waals surface area contributed by atoms with Gasteiger partial charge in [-0.2, -0.15) is 0 Å². The third kappa shape index (κ3) is 5.63. The molecule has 0 heterocycles. The summed E-state index contributed by atoms with van der Waals surface area (Å²) in [7, 11) is 0. The van der Waals surface area contributed by atoms with Crippen LogP contribution in [0.25, 0.3) is 0 Å². The SMILES string of the molecule is CCCC(=O)CC.N.[HH]. The summed E-state index contributed by atoms with van der Waals surface area (Å²) in [6, 6.07) is 0. The van der Waals surface area contributed by atoms with Gasteiger partial charge in [-0.25, -0.2) is 0 Å². The Kier molecular flexibility index (Phi) is 8.77. The van der Waals surface area contributed by atoms with Crippen molar-refractivity contribution < 1.29 is 6.22 Å². The molecule has 0 rings (SSSR count). The molecular weight excluding hydrogens is 102 g/mol. The minimum atomic E-state index is 0. The van der Waals surface area contributed by atoms with Crippen LogP contribution in [0.4, 0.5) is 0 Å². The molecular formula is C6H17NO. The molecule has 0 aliphatic heterocycles. The molecule has 0 saturated heterocycles. The van der Waals surface area contributed by atoms with Gasteiger partial charge in [0.1, 0.15) is 5.78 Å². The van der Waals surface area contributed by atoms with Gasteiger partial charge in [-0.1, -0.05) is 13.8 Å². The average molecular weight is 119 g/mol. The van der Waals surface area contributed by atoms with E-state index in [9.17, 15) is 4.79 Å². The quantitative estimate of drug-likeness (QED) is 0.619. The zero-order chi connectivity index (χ0) is 5.70. The topological polar surface area (TPSA) is 52.1 Å². The highest BCUT2D eigenvalue weighted by Crippen LogP contribution is 1.90. The second-order valence-electron chi connectivity index (χ2n) is 1.64. The Morgan fingerprint density at radius 2 is 2.00 bits per heavy atom. The van der Waals surface area contributed by atoms with Crippen molar-refractivity contribution in [1.82, 2.24) is 6.15 Å². The summed E-state index contributed by atoms with van der Waals surface area (Å²) in [4.78, 5) is 10.4. The van der Waals surface area contributed by atoms with Gasteiger partial charge >= 0.3 is 0 Å². The summed E-state index contributed by atoms with van der Waals surface area (Å²) >= 11 is 0. The molecule has 0 bridgehead atoms. The normalized spacial score (nSPS) is 7.75. The molecule has 8 heavy (non-hydrogen) atoms. The maximum absolute atomic E-state index is 10.4. The van der Waals surface area contributed by atoms with Gasteiger partial charge in [-0.3, -0.25) is 4.79 Å². The fourth-order valence-corrected chi connectivity index (χ4v) is 0.456. The number of hydrogen-bond acceptors (Lipinski definition) is 2. The molecule has 0 radical (unpaired) electrons. The molecule has 3 N–H and O–H groups in total. The van der Waals surface area contributed by atoms with Crippen LogP contribution in [-0.2, 0) is 4.79 Å². The first-order valence-corrected chi connectivity index (χ1v) is 2.83. The highest BCUT2D eigenvalue weighted by atomic mass is 16.1. The predicted molar refractivity (Wildman–Crippen MR) is 37.3 cm³/mol. The number of ketones is 1. The van der Waals surface area contributed by atoms with Crippen molar-refractivity contribution in [3.8, 4) is 0 Å². The zero-order valence-corrected chi connectivity index (χ0v) is 5.74. The summed E-state index contributed by atoms with van der Waals surface area (Å²) in [5.74, 6) is 0.377. The minimum absolute atomic E-state index is 0. The summed E-state index contributed by atoms with van der Waals surface area (Å²) in [6.07, 6.45) is 2.46. The lowest BCUT2D eigenvalue weighted by atomic mass is 10.2. The second-order valence-corrected chi connectivity index (χ2v) is 1.64. The first kappa shape index (κ1) is 10.6. The Labute approximate surface area is 52.3 Å². The first-order valence-electron chi connectivity index (χ1n) is 2.83. The second kappa shape index (κ2) is 6.63. The van der Waals surface area contributed by atoms with E-state index < -0.39 is 0 Å². The van der Waals surface area contributed by atoms with Crippen LogP contribution in [0, 0.1) is 0 Å². The van der Waals surface area contributed by atoms with Gasteiger partial charge in [0, 0.05) is 14.3 Å². The van der Waals surface area contributed by atoms with E-state index in [1.165, 1.54) is 0 Å². The Bertz CT molecular complexity index is 66.1. The molecule has 0 fully saturated rings. The van der Waals surface area contributed by atoms with Gasteiger partial charge in [0.15, 0.2) is 0 Å². The molecule has 0 unspecified atom stereocenters. The van der Waals surface area contributed by atoms with Gasteiger partial charge in [0.05, 0.1) is 0 Å². The standard InChI is InChI=1S/C6H12O.H3N.H2/c1-3-5-6(7)4-2;;/h3-5H2,1-2H3;1H3;1H. The van der Waals surface area contributed by atoms with Crippen molar-refractivity contribution in [3.05, 3.63) is 0 Å². The molecule has 0 saturated carbocycles. The van der Waals surface area contributed by atoms with E-state index in [-0.39, 0.29) is 7.58 Å². The zero-order valence-electron chi connectivity index (χ0n) is 5.74. The van der Waals surface area contributed by atoms with E-state index in [0.29, 0.717) is 12.2 Å². The van der Waals surface area contributed by atoms with E-state index in [0.717, 1.165) is 12.8 Å². The van der Waals surface area contributed by atoms with Gasteiger partial charge in [0.2, 0.25) is 0 Å². The van der Waals surface area contributed by atoms with Crippen molar-refractivity contribution in [1.29, 1.82) is 0 Å². The number of hydrogen-bond donors (Lipinski definition) is 1. The van der Waals surface area contributed by atoms with Crippen LogP contribution in [0.2, 0.25) is 0 Å². The van der Waals surface area contributed by atoms with E-state index >= 15 is 0 Å². The lowest BCUT2D eigenvalue weighted by molar-refractivity contribution is -0.118. The van der Waals surface area contributed by atoms with E-state index in [1.807, 2.05) is 13.8 Å². The molecule has 0 aromatic carbocycles. The Morgan fingerprint density at radius 3 is 2.12 bits per heavy atom. The van der Waals surface area contributed by atoms with Gasteiger partial charge < -0.3 is 6.15 Å². The van der Waals surface area contributed by atoms with Crippen molar-refractivity contribution >= 4 is 5.78 Å². The largest absolute Gasteiger partial charge is 0.344 e. The smallest absolute Gasteiger partial charge is 0.132 e. The highest BCUT2D eigenvalue weighted by molar-refractivity contribution is 5.77. The van der Waals surface area contributed by atoms with E-state index in [2.05, 4.69) is 0 Å². The van der Waals surface area contributed by atoms with Crippen LogP contribution in [0.1, 0.15) is 34.5 Å². The maximum Gasteiger partial charge on any atom is 0.132 e. The Balaban J connectivity index is -0.000000180. The van der Waals surface area contributed by atoms with Crippen LogP contribution in [0.5, 0.6) is 0 Å². The number of carbonyl (C=O) groups excluding carboxylic acids is 1. The van der Waals surface area contributed by atoms with Gasteiger partial charge in [0.25, 0.3) is 0 Å². The molecule has 0 amide bonds. The average Bonchev–Trinajstić information content (AvgIpc) is 1.68. The Morgan fingerprint density at radius 1 is 1.50 bits per heavy atom. The summed E-state index contributed by atoms with van der Waals surface area (Å²) in [5, 5.41) is 0. The third-order valence-electron chi connectivity index (χ3n) is 0.923. The summed E-state index contributed by atoms with van der Waals surface area (Å²) in [6.45, 7) is 3.92. The van der Waals surface area contributed by atoms with Crippen molar-refractivity contribution in [2.24, 2.45) is 0 Å². The third-order valence-corrected chi connectivity index (χ3v) is 0.923. The molecule has 0 aliphatic rings. The minimum Gasteiger partial charge on any atom is -0.344 e. The molecule has 0 aromatic heterocycles. The van der Waals surface area contributed by atoms with Gasteiger partial charge in [-0.05, 0) is 6.42 Å². The number of Topliss-reactive ketones (excluding diaryl/α,β-unsaturated/α-hetero) is 1. The first-order chi connectivity index (χ1) is 3.31. The van der Waals surface area contributed by atoms with Crippen LogP contribution < -0.4 is 6.15 Å². The van der Waals surface area contributed by atoms with E-state index in [4.69, 9.17) is 0 Å². The summed E-state index contributed by atoms with van der Waals surface area (Å²) < 4.78 is 0. The van der Waals surface area contributed by atoms with Crippen LogP contribution in [0.15, 0.2) is 0 Å². The van der Waals surface area contributed by atoms with Crippen LogP contribution >= 0.6 is 0 Å². The molecule has 0 aliphatic carbocycles. The maximum atomic E-state index is 10.4. The molecule has 0 atom stereocenters. The lowest BCUT2D eigenvalue weighted by Gasteiger charge is -1.87. The summed E-state index contributed by atoms with van der Waals surface area (Å²) in [5.41, 5.74) is 0. The molecule has 2 heteroatoms. The fourth-order valence-electron chi connectivity index (χ4n) is 0.456. The van der Waals surface area contributed by atoms with Crippen molar-refractivity contribution in [2.45, 2.75) is 33.1 Å².